The Balaban J connectivity index is 0.000000145. The van der Waals surface area contributed by atoms with E-state index in [-0.39, 0.29) is 0 Å². The fourth-order valence-corrected chi connectivity index (χ4v) is 18.7. The maximum Gasteiger partial charge on any atom is 0.0464 e. The van der Waals surface area contributed by atoms with E-state index in [0.29, 0.717) is 0 Å². The number of halogens is 6. The molecule has 0 radical (unpaired) electrons. The molecule has 0 amide bonds. The number of rotatable bonds is 18. The topological polar surface area (TPSA) is 72.2 Å². The molecule has 0 aliphatic heterocycles. The molecule has 0 aliphatic carbocycles. The van der Waals surface area contributed by atoms with Crippen molar-refractivity contribution in [3.63, 3.8) is 0 Å². The van der Waals surface area contributed by atoms with Crippen molar-refractivity contribution < 1.29 is 0 Å². The van der Waals surface area contributed by atoms with Crippen LogP contribution in [0.5, 0.6) is 0 Å². The van der Waals surface area contributed by atoms with E-state index in [2.05, 4.69) is 578 Å². The van der Waals surface area contributed by atoms with Crippen molar-refractivity contribution in [1.29, 1.82) is 0 Å². The molecule has 732 valence electrons. The van der Waals surface area contributed by atoms with Gasteiger partial charge in [-0.05, 0) is 606 Å². The molecular weight excluding hydrogens is 2150 g/mol. The van der Waals surface area contributed by atoms with Crippen LogP contribution in [0.2, 0.25) is 10.0 Å². The summed E-state index contributed by atoms with van der Waals surface area (Å²) in [6, 6.07) is 116. The second kappa shape index (κ2) is 50.0. The standard InChI is InChI=1S/C24H26BrN.C24H26ClN.C24H26IN.C20H18BrN.C20H18ClN.C20H18IN/c3*1-14-7-8-22(13-15(14)2)26-24-18(5)11-21(12-19(24)6)20-9-16(3)23(25)17(4)10-20;3*1-14-3-10-20(13-15(14)2)22-19-11-6-17(7-12-19)16-4-8-18(21)9-5-16/h3*7-13,26H,1-6H3;3*3-13,22H,1-2H3. The highest BCUT2D eigenvalue weighted by Crippen LogP contribution is 2.41. The minimum absolute atomic E-state index is 0.761. The van der Waals surface area contributed by atoms with Gasteiger partial charge in [-0.3, -0.25) is 0 Å². The molecule has 144 heavy (non-hydrogen) atoms. The Hall–Kier alpha value is -12.2. The second-order valence-corrected chi connectivity index (χ2v) is 43.4. The third-order valence-corrected chi connectivity index (χ3v) is 31.9. The van der Waals surface area contributed by atoms with E-state index in [1.165, 1.54) is 218 Å². The van der Waals surface area contributed by atoms with E-state index in [4.69, 9.17) is 23.2 Å². The molecular formula is C132H132Br2Cl2I2N6. The number of nitrogens with one attached hydrogen (secondary N) is 6. The Morgan fingerprint density at radius 3 is 0.590 bits per heavy atom. The Morgan fingerprint density at radius 2 is 0.354 bits per heavy atom. The lowest BCUT2D eigenvalue weighted by molar-refractivity contribution is 1.31. The first-order valence-electron chi connectivity index (χ1n) is 48.9. The van der Waals surface area contributed by atoms with E-state index in [0.717, 1.165) is 76.8 Å². The summed E-state index contributed by atoms with van der Waals surface area (Å²) >= 11 is 24.1. The highest BCUT2D eigenvalue weighted by molar-refractivity contribution is 14.1. The Morgan fingerprint density at radius 1 is 0.167 bits per heavy atom. The van der Waals surface area contributed by atoms with Crippen LogP contribution >= 0.6 is 100 Å². The maximum absolute atomic E-state index is 6.33. The van der Waals surface area contributed by atoms with Crippen LogP contribution in [0.4, 0.5) is 68.2 Å². The van der Waals surface area contributed by atoms with Gasteiger partial charge >= 0.3 is 0 Å². The van der Waals surface area contributed by atoms with Gasteiger partial charge in [0.05, 0.1) is 0 Å². The van der Waals surface area contributed by atoms with Gasteiger partial charge in [0.15, 0.2) is 0 Å². The smallest absolute Gasteiger partial charge is 0.0464 e. The van der Waals surface area contributed by atoms with Crippen molar-refractivity contribution >= 4 is 168 Å². The number of anilines is 12. The molecule has 0 saturated carbocycles. The first-order chi connectivity index (χ1) is 68.6. The van der Waals surface area contributed by atoms with Crippen LogP contribution in [0.25, 0.3) is 66.8 Å². The summed E-state index contributed by atoms with van der Waals surface area (Å²) in [5.41, 5.74) is 59.2. The molecule has 0 spiro atoms. The molecule has 18 aromatic rings. The molecule has 0 bridgehead atoms. The molecule has 6 nitrogen and oxygen atoms in total. The molecule has 18 aromatic carbocycles. The minimum atomic E-state index is 0.761. The number of aryl methyl sites for hydroxylation is 24. The van der Waals surface area contributed by atoms with Gasteiger partial charge in [-0.2, -0.15) is 0 Å². The molecule has 0 atom stereocenters. The van der Waals surface area contributed by atoms with Crippen molar-refractivity contribution in [1.82, 2.24) is 0 Å². The summed E-state index contributed by atoms with van der Waals surface area (Å²) < 4.78 is 4.91. The SMILES string of the molecule is Cc1ccc(Nc2c(C)cc(-c3cc(C)c(Br)c(C)c3)cc2C)cc1C.Cc1ccc(Nc2c(C)cc(-c3cc(C)c(Cl)c(C)c3)cc2C)cc1C.Cc1ccc(Nc2c(C)cc(-c3cc(C)c(I)c(C)c3)cc2C)cc1C.Cc1ccc(Nc2ccc(-c3ccc(Br)cc3)cc2)cc1C.Cc1ccc(Nc2ccc(-c3ccc(Cl)cc3)cc2)cc1C.Cc1ccc(Nc2ccc(-c3ccc(I)cc3)cc2)cc1C. The van der Waals surface area contributed by atoms with Crippen LogP contribution in [0.15, 0.2) is 337 Å². The zero-order valence-electron chi connectivity index (χ0n) is 87.4. The predicted octanol–water partition coefficient (Wildman–Crippen LogP) is 42.0. The van der Waals surface area contributed by atoms with Gasteiger partial charge in [0.25, 0.3) is 0 Å². The van der Waals surface area contributed by atoms with E-state index in [1.807, 2.05) is 24.3 Å². The van der Waals surface area contributed by atoms with Crippen molar-refractivity contribution in [2.75, 3.05) is 31.9 Å². The minimum Gasteiger partial charge on any atom is -0.356 e. The molecule has 0 aromatic heterocycles. The van der Waals surface area contributed by atoms with Crippen LogP contribution in [-0.2, 0) is 0 Å². The first-order valence-corrected chi connectivity index (χ1v) is 53.4. The van der Waals surface area contributed by atoms with E-state index in [1.54, 1.807) is 0 Å². The molecule has 6 N–H and O–H groups in total. The fourth-order valence-electron chi connectivity index (χ4n) is 17.3. The summed E-state index contributed by atoms with van der Waals surface area (Å²) in [5.74, 6) is 0. The lowest BCUT2D eigenvalue weighted by Gasteiger charge is -2.17. The molecule has 0 aliphatic rings. The van der Waals surface area contributed by atoms with Crippen LogP contribution in [-0.4, -0.2) is 0 Å². The van der Waals surface area contributed by atoms with Gasteiger partial charge in [-0.15, -0.1) is 0 Å². The van der Waals surface area contributed by atoms with Gasteiger partial charge in [-0.25, -0.2) is 0 Å². The Kier molecular flexibility index (Phi) is 37.9. The average molecular weight is 2290 g/mol. The number of benzene rings is 18. The van der Waals surface area contributed by atoms with Gasteiger partial charge in [0, 0.05) is 94.4 Å². The molecule has 0 saturated heterocycles. The van der Waals surface area contributed by atoms with Crippen LogP contribution in [0.1, 0.15) is 134 Å². The van der Waals surface area contributed by atoms with Gasteiger partial charge in [0.1, 0.15) is 0 Å². The second-order valence-electron chi connectivity index (χ2n) is 38.5. The predicted molar refractivity (Wildman–Crippen MR) is 654 cm³/mol. The summed E-state index contributed by atoms with van der Waals surface area (Å²) in [7, 11) is 0. The van der Waals surface area contributed by atoms with Crippen LogP contribution in [0.3, 0.4) is 0 Å². The van der Waals surface area contributed by atoms with Crippen molar-refractivity contribution in [3.05, 3.63) is 487 Å². The zero-order chi connectivity index (χ0) is 104. The number of hydrogen-bond acceptors (Lipinski definition) is 6. The third-order valence-electron chi connectivity index (χ3n) is 26.8. The third kappa shape index (κ3) is 29.6. The Bertz CT molecular complexity index is 6760. The lowest BCUT2D eigenvalue weighted by atomic mass is 9.96. The van der Waals surface area contributed by atoms with E-state index in [9.17, 15) is 0 Å². The normalized spacial score (nSPS) is 10.7. The lowest BCUT2D eigenvalue weighted by Crippen LogP contribution is -1.98. The Labute approximate surface area is 911 Å². The summed E-state index contributed by atoms with van der Waals surface area (Å²) in [4.78, 5) is 0. The van der Waals surface area contributed by atoms with Crippen LogP contribution in [0, 0.1) is 173 Å². The molecule has 0 heterocycles. The van der Waals surface area contributed by atoms with E-state index >= 15 is 0 Å². The number of hydrogen-bond donors (Lipinski definition) is 6. The molecule has 12 heteroatoms. The van der Waals surface area contributed by atoms with Gasteiger partial charge in [-0.1, -0.05) is 189 Å². The summed E-state index contributed by atoms with van der Waals surface area (Å²) in [6.07, 6.45) is 0. The largest absolute Gasteiger partial charge is 0.356 e. The van der Waals surface area contributed by atoms with Gasteiger partial charge in [0.2, 0.25) is 0 Å². The fraction of sp³-hybridized carbons (Fsp3) is 0.182. The molecule has 18 rings (SSSR count). The summed E-state index contributed by atoms with van der Waals surface area (Å²) in [6.45, 7) is 51.5. The van der Waals surface area contributed by atoms with E-state index < -0.39 is 0 Å². The average Bonchev–Trinajstić information content (AvgIpc) is 0.801. The monoisotopic (exact) mass is 2280 g/mol. The zero-order valence-corrected chi connectivity index (χ0v) is 96.4. The van der Waals surface area contributed by atoms with Crippen LogP contribution < -0.4 is 31.9 Å². The van der Waals surface area contributed by atoms with Gasteiger partial charge < -0.3 is 31.9 Å². The van der Waals surface area contributed by atoms with Crippen molar-refractivity contribution in [3.8, 4) is 66.8 Å². The summed E-state index contributed by atoms with van der Waals surface area (Å²) in [5, 5.41) is 22.8. The first kappa shape index (κ1) is 109. The van der Waals surface area contributed by atoms with Crippen molar-refractivity contribution in [2.24, 2.45) is 0 Å². The molecule has 0 fully saturated rings. The maximum atomic E-state index is 6.33. The quantitative estimate of drug-likeness (QED) is 0.0481. The molecule has 0 unspecified atom stereocenters. The highest BCUT2D eigenvalue weighted by Gasteiger charge is 2.17. The van der Waals surface area contributed by atoms with Crippen molar-refractivity contribution in [2.45, 2.75) is 166 Å². The highest BCUT2D eigenvalue weighted by atomic mass is 127.